The van der Waals surface area contributed by atoms with Crippen molar-refractivity contribution in [1.82, 2.24) is 14.5 Å². The molecule has 1 heterocycles. The van der Waals surface area contributed by atoms with Crippen LogP contribution in [-0.2, 0) is 0 Å². The Hall–Kier alpha value is -1.36. The van der Waals surface area contributed by atoms with Crippen LogP contribution in [0.2, 0.25) is 0 Å². The molecule has 0 aliphatic heterocycles. The Bertz CT molecular complexity index is 488. The van der Waals surface area contributed by atoms with Gasteiger partial charge in [0.05, 0.1) is 0 Å². The zero-order valence-corrected chi connectivity index (χ0v) is 12.3. The first-order valence-corrected chi connectivity index (χ1v) is 6.95. The van der Waals surface area contributed by atoms with Gasteiger partial charge in [-0.3, -0.25) is 4.79 Å². The van der Waals surface area contributed by atoms with E-state index < -0.39 is 0 Å². The fourth-order valence-corrected chi connectivity index (χ4v) is 2.57. The van der Waals surface area contributed by atoms with Gasteiger partial charge < -0.3 is 14.8 Å². The van der Waals surface area contributed by atoms with Gasteiger partial charge in [-0.25, -0.2) is 4.98 Å². The van der Waals surface area contributed by atoms with Crippen molar-refractivity contribution >= 4 is 5.82 Å². The fraction of sp³-hybridized carbons (Fsp3) is 0.714. The molecule has 0 atom stereocenters. The minimum atomic E-state index is -0.0364. The molecule has 0 spiro atoms. The smallest absolute Gasteiger partial charge is 0.293 e. The largest absolute Gasteiger partial charge is 0.364 e. The number of aromatic nitrogens is 2. The maximum absolute atomic E-state index is 12.2. The SMILES string of the molecule is CC(C)n1ccnc(NCC2(N(C)C)CCC2)c1=O. The average Bonchev–Trinajstić information content (AvgIpc) is 2.28. The van der Waals surface area contributed by atoms with E-state index in [1.807, 2.05) is 13.8 Å². The molecule has 1 aromatic heterocycles. The summed E-state index contributed by atoms with van der Waals surface area (Å²) >= 11 is 0. The molecule has 0 saturated heterocycles. The van der Waals surface area contributed by atoms with Crippen LogP contribution in [0.4, 0.5) is 5.82 Å². The number of nitrogens with one attached hydrogen (secondary N) is 1. The van der Waals surface area contributed by atoms with E-state index in [1.54, 1.807) is 17.0 Å². The van der Waals surface area contributed by atoms with Gasteiger partial charge in [-0.05, 0) is 47.2 Å². The molecule has 5 heteroatoms. The molecule has 1 aliphatic carbocycles. The molecular weight excluding hydrogens is 240 g/mol. The van der Waals surface area contributed by atoms with Gasteiger partial charge in [-0.2, -0.15) is 0 Å². The second-order valence-electron chi connectivity index (χ2n) is 5.91. The van der Waals surface area contributed by atoms with Crippen LogP contribution in [-0.4, -0.2) is 40.6 Å². The van der Waals surface area contributed by atoms with Crippen LogP contribution in [0.1, 0.15) is 39.2 Å². The number of anilines is 1. The number of likely N-dealkylation sites (N-methyl/N-ethyl adjacent to an activating group) is 1. The molecule has 2 rings (SSSR count). The van der Waals surface area contributed by atoms with Gasteiger partial charge in [0.25, 0.3) is 5.56 Å². The molecule has 0 bridgehead atoms. The lowest BCUT2D eigenvalue weighted by molar-refractivity contribution is 0.0738. The summed E-state index contributed by atoms with van der Waals surface area (Å²) in [5, 5.41) is 3.25. The molecule has 0 amide bonds. The van der Waals surface area contributed by atoms with Gasteiger partial charge in [0.1, 0.15) is 0 Å². The Kier molecular flexibility index (Phi) is 3.94. The zero-order valence-electron chi connectivity index (χ0n) is 12.3. The Balaban J connectivity index is 2.12. The summed E-state index contributed by atoms with van der Waals surface area (Å²) in [7, 11) is 4.21. The quantitative estimate of drug-likeness (QED) is 0.880. The standard InChI is InChI=1S/C14H24N4O/c1-11(2)18-9-8-15-12(13(18)19)16-10-14(17(3)4)6-5-7-14/h8-9,11H,5-7,10H2,1-4H3,(H,15,16). The van der Waals surface area contributed by atoms with E-state index in [4.69, 9.17) is 0 Å². The predicted molar refractivity (Wildman–Crippen MR) is 77.6 cm³/mol. The number of nitrogens with zero attached hydrogens (tertiary/aromatic N) is 3. The van der Waals surface area contributed by atoms with E-state index in [0.717, 1.165) is 6.54 Å². The molecule has 1 aromatic rings. The second kappa shape index (κ2) is 5.33. The van der Waals surface area contributed by atoms with Gasteiger partial charge in [0.15, 0.2) is 5.82 Å². The summed E-state index contributed by atoms with van der Waals surface area (Å²) < 4.78 is 1.71. The highest BCUT2D eigenvalue weighted by Crippen LogP contribution is 2.35. The lowest BCUT2D eigenvalue weighted by Crippen LogP contribution is -2.55. The topological polar surface area (TPSA) is 50.2 Å². The highest BCUT2D eigenvalue weighted by Gasteiger charge is 2.38. The van der Waals surface area contributed by atoms with Crippen molar-refractivity contribution in [1.29, 1.82) is 0 Å². The summed E-state index contributed by atoms with van der Waals surface area (Å²) in [6.07, 6.45) is 7.05. The third kappa shape index (κ3) is 2.66. The van der Waals surface area contributed by atoms with Crippen LogP contribution in [0.3, 0.4) is 0 Å². The lowest BCUT2D eigenvalue weighted by Gasteiger charge is -2.47. The van der Waals surface area contributed by atoms with Crippen LogP contribution in [0, 0.1) is 0 Å². The van der Waals surface area contributed by atoms with Crippen LogP contribution >= 0.6 is 0 Å². The average molecular weight is 264 g/mol. The molecule has 5 nitrogen and oxygen atoms in total. The Morgan fingerprint density at radius 3 is 2.63 bits per heavy atom. The van der Waals surface area contributed by atoms with E-state index in [1.165, 1.54) is 19.3 Å². The number of hydrogen-bond acceptors (Lipinski definition) is 4. The van der Waals surface area contributed by atoms with Gasteiger partial charge in [0, 0.05) is 30.5 Å². The fourth-order valence-electron chi connectivity index (χ4n) is 2.57. The van der Waals surface area contributed by atoms with Crippen molar-refractivity contribution in [2.24, 2.45) is 0 Å². The first kappa shape index (κ1) is 14.1. The van der Waals surface area contributed by atoms with Crippen molar-refractivity contribution in [3.63, 3.8) is 0 Å². The normalized spacial score (nSPS) is 17.6. The van der Waals surface area contributed by atoms with Gasteiger partial charge in [-0.1, -0.05) is 0 Å². The zero-order chi connectivity index (χ0) is 14.0. The highest BCUT2D eigenvalue weighted by atomic mass is 16.1. The van der Waals surface area contributed by atoms with Crippen molar-refractivity contribution in [3.8, 4) is 0 Å². The molecule has 0 aromatic carbocycles. The molecular formula is C14H24N4O. The summed E-state index contributed by atoms with van der Waals surface area (Å²) in [6.45, 7) is 4.78. The Morgan fingerprint density at radius 1 is 1.47 bits per heavy atom. The van der Waals surface area contributed by atoms with Crippen molar-refractivity contribution < 1.29 is 0 Å². The first-order chi connectivity index (χ1) is 8.96. The third-order valence-corrected chi connectivity index (χ3v) is 4.24. The molecule has 19 heavy (non-hydrogen) atoms. The number of rotatable bonds is 5. The van der Waals surface area contributed by atoms with E-state index in [-0.39, 0.29) is 17.1 Å². The predicted octanol–water partition coefficient (Wildman–Crippen LogP) is 1.72. The van der Waals surface area contributed by atoms with E-state index in [0.29, 0.717) is 5.82 Å². The van der Waals surface area contributed by atoms with E-state index >= 15 is 0 Å². The Labute approximate surface area is 114 Å². The molecule has 106 valence electrons. The van der Waals surface area contributed by atoms with Crippen LogP contribution < -0.4 is 10.9 Å². The minimum absolute atomic E-state index is 0.0364. The second-order valence-corrected chi connectivity index (χ2v) is 5.91. The van der Waals surface area contributed by atoms with Crippen LogP contribution in [0.5, 0.6) is 0 Å². The van der Waals surface area contributed by atoms with Crippen molar-refractivity contribution in [2.75, 3.05) is 26.0 Å². The summed E-state index contributed by atoms with van der Waals surface area (Å²) in [4.78, 5) is 18.7. The van der Waals surface area contributed by atoms with Gasteiger partial charge in [0.2, 0.25) is 0 Å². The van der Waals surface area contributed by atoms with Gasteiger partial charge in [-0.15, -0.1) is 0 Å². The van der Waals surface area contributed by atoms with Crippen molar-refractivity contribution in [2.45, 2.75) is 44.7 Å². The molecule has 1 saturated carbocycles. The first-order valence-electron chi connectivity index (χ1n) is 6.95. The summed E-state index contributed by atoms with van der Waals surface area (Å²) in [5.74, 6) is 0.462. The summed E-state index contributed by atoms with van der Waals surface area (Å²) in [6, 6.07) is 0.155. The van der Waals surface area contributed by atoms with E-state index in [2.05, 4.69) is 29.3 Å². The molecule has 0 unspecified atom stereocenters. The molecule has 1 fully saturated rings. The monoisotopic (exact) mass is 264 g/mol. The van der Waals surface area contributed by atoms with E-state index in [9.17, 15) is 4.79 Å². The lowest BCUT2D eigenvalue weighted by atomic mass is 9.75. The minimum Gasteiger partial charge on any atom is -0.364 e. The van der Waals surface area contributed by atoms with Crippen molar-refractivity contribution in [3.05, 3.63) is 22.7 Å². The van der Waals surface area contributed by atoms with Gasteiger partial charge >= 0.3 is 0 Å². The molecule has 0 radical (unpaired) electrons. The van der Waals surface area contributed by atoms with Crippen LogP contribution in [0.15, 0.2) is 17.2 Å². The maximum Gasteiger partial charge on any atom is 0.293 e. The Morgan fingerprint density at radius 2 is 2.16 bits per heavy atom. The number of hydrogen-bond donors (Lipinski definition) is 1. The molecule has 1 aliphatic rings. The summed E-state index contributed by atoms with van der Waals surface area (Å²) in [5.41, 5.74) is 0.151. The third-order valence-electron chi connectivity index (χ3n) is 4.24. The molecule has 1 N–H and O–H groups in total. The maximum atomic E-state index is 12.2. The highest BCUT2D eigenvalue weighted by molar-refractivity contribution is 5.32. The van der Waals surface area contributed by atoms with Crippen LogP contribution in [0.25, 0.3) is 0 Å².